The van der Waals surface area contributed by atoms with Crippen LogP contribution in [0.3, 0.4) is 0 Å². The number of alkyl halides is 3. The van der Waals surface area contributed by atoms with E-state index in [4.69, 9.17) is 21.8 Å². The summed E-state index contributed by atoms with van der Waals surface area (Å²) in [6, 6.07) is 2.61. The highest BCUT2D eigenvalue weighted by Crippen LogP contribution is 2.22. The number of aromatic carboxylic acids is 1. The number of carbonyl (C=O) groups is 1. The fraction of sp³-hybridized carbons (Fsp3) is 0.300. The molecule has 1 aromatic carbocycles. The molecule has 1 aromatic rings. The molecule has 118 valence electrons. The van der Waals surface area contributed by atoms with Gasteiger partial charge in [0.15, 0.2) is 6.10 Å². The predicted octanol–water partition coefficient (Wildman–Crippen LogP) is 1.24. The molecule has 0 fully saturated rings. The molecule has 0 aromatic heterocycles. The van der Waals surface area contributed by atoms with Crippen LogP contribution >= 0.6 is 11.6 Å². The van der Waals surface area contributed by atoms with Gasteiger partial charge in [0, 0.05) is 6.54 Å². The molecule has 0 aliphatic carbocycles. The van der Waals surface area contributed by atoms with E-state index in [2.05, 4.69) is 0 Å². The second-order valence-corrected chi connectivity index (χ2v) is 6.03. The minimum Gasteiger partial charge on any atom is -0.478 e. The first-order valence-electron chi connectivity index (χ1n) is 5.22. The zero-order valence-electron chi connectivity index (χ0n) is 10.1. The summed E-state index contributed by atoms with van der Waals surface area (Å²) in [4.78, 5) is 10.2. The van der Waals surface area contributed by atoms with E-state index in [1.807, 2.05) is 0 Å². The van der Waals surface area contributed by atoms with Gasteiger partial charge in [-0.1, -0.05) is 11.6 Å². The third-order valence-electron chi connectivity index (χ3n) is 2.32. The van der Waals surface area contributed by atoms with E-state index < -0.39 is 45.3 Å². The highest BCUT2D eigenvalue weighted by molar-refractivity contribution is 7.89. The van der Waals surface area contributed by atoms with Gasteiger partial charge in [0.25, 0.3) is 0 Å². The van der Waals surface area contributed by atoms with Crippen LogP contribution in [0.2, 0.25) is 5.02 Å². The van der Waals surface area contributed by atoms with Crippen molar-refractivity contribution >= 4 is 27.6 Å². The van der Waals surface area contributed by atoms with Crippen molar-refractivity contribution in [2.75, 3.05) is 6.54 Å². The Labute approximate surface area is 122 Å². The Morgan fingerprint density at radius 2 is 1.95 bits per heavy atom. The van der Waals surface area contributed by atoms with Crippen molar-refractivity contribution < 1.29 is 36.6 Å². The van der Waals surface area contributed by atoms with Crippen LogP contribution in [0.4, 0.5) is 13.2 Å². The number of hydrogen-bond acceptors (Lipinski definition) is 4. The zero-order chi connectivity index (χ0) is 16.4. The number of aliphatic hydroxyl groups excluding tert-OH is 1. The molecule has 0 spiro atoms. The van der Waals surface area contributed by atoms with Gasteiger partial charge in [-0.15, -0.1) is 0 Å². The molecule has 0 saturated heterocycles. The van der Waals surface area contributed by atoms with Crippen molar-refractivity contribution in [2.24, 2.45) is 0 Å². The first-order valence-corrected chi connectivity index (χ1v) is 7.08. The van der Waals surface area contributed by atoms with Gasteiger partial charge in [-0.25, -0.2) is 17.9 Å². The second kappa shape index (κ2) is 6.18. The molecule has 0 saturated carbocycles. The standard InChI is InChI=1S/C10H9ClF3NO5S/c11-7-2-1-5(3-6(7)9(17)18)21(19,20)15-4-8(16)10(12,13)14/h1-3,8,15-16H,4H2,(H,17,18). The lowest BCUT2D eigenvalue weighted by molar-refractivity contribution is -0.200. The van der Waals surface area contributed by atoms with Gasteiger partial charge in [-0.3, -0.25) is 0 Å². The summed E-state index contributed by atoms with van der Waals surface area (Å²) in [6.45, 7) is -1.29. The highest BCUT2D eigenvalue weighted by Gasteiger charge is 2.38. The average Bonchev–Trinajstić information content (AvgIpc) is 2.34. The normalized spacial score (nSPS) is 14.0. The molecule has 0 heterocycles. The van der Waals surface area contributed by atoms with Crippen LogP contribution in [0.5, 0.6) is 0 Å². The average molecular weight is 348 g/mol. The molecule has 21 heavy (non-hydrogen) atoms. The molecule has 0 aliphatic rings. The van der Waals surface area contributed by atoms with Crippen LogP contribution in [0.25, 0.3) is 0 Å². The lowest BCUT2D eigenvalue weighted by Crippen LogP contribution is -2.40. The molecule has 1 atom stereocenters. The van der Waals surface area contributed by atoms with Crippen LogP contribution < -0.4 is 4.72 Å². The fourth-order valence-electron chi connectivity index (χ4n) is 1.22. The largest absolute Gasteiger partial charge is 0.478 e. The van der Waals surface area contributed by atoms with Crippen LogP contribution in [-0.2, 0) is 10.0 Å². The van der Waals surface area contributed by atoms with Crippen LogP contribution in [0.1, 0.15) is 10.4 Å². The zero-order valence-corrected chi connectivity index (χ0v) is 11.6. The molecule has 3 N–H and O–H groups in total. The number of halogens is 4. The van der Waals surface area contributed by atoms with Crippen LogP contribution in [0, 0.1) is 0 Å². The Kier molecular flexibility index (Phi) is 5.20. The third-order valence-corrected chi connectivity index (χ3v) is 4.07. The van der Waals surface area contributed by atoms with E-state index in [0.717, 1.165) is 12.1 Å². The number of sulfonamides is 1. The summed E-state index contributed by atoms with van der Waals surface area (Å²) in [7, 11) is -4.42. The van der Waals surface area contributed by atoms with E-state index in [1.165, 1.54) is 4.72 Å². The van der Waals surface area contributed by atoms with Crippen molar-refractivity contribution in [1.29, 1.82) is 0 Å². The van der Waals surface area contributed by atoms with E-state index in [-0.39, 0.29) is 5.02 Å². The van der Waals surface area contributed by atoms with Crippen molar-refractivity contribution in [3.63, 3.8) is 0 Å². The summed E-state index contributed by atoms with van der Waals surface area (Å²) >= 11 is 5.54. The van der Waals surface area contributed by atoms with Crippen molar-refractivity contribution in [2.45, 2.75) is 17.2 Å². The molecule has 0 aliphatic heterocycles. The fourth-order valence-corrected chi connectivity index (χ4v) is 2.49. The van der Waals surface area contributed by atoms with Gasteiger partial charge in [-0.2, -0.15) is 13.2 Å². The Balaban J connectivity index is 2.99. The number of carboxylic acid groups (broad SMARTS) is 1. The van der Waals surface area contributed by atoms with Crippen molar-refractivity contribution in [3.8, 4) is 0 Å². The highest BCUT2D eigenvalue weighted by atomic mass is 35.5. The van der Waals surface area contributed by atoms with Gasteiger partial charge in [0.1, 0.15) is 0 Å². The Morgan fingerprint density at radius 1 is 1.38 bits per heavy atom. The lowest BCUT2D eigenvalue weighted by atomic mass is 10.2. The SMILES string of the molecule is O=C(O)c1cc(S(=O)(=O)NCC(O)C(F)(F)F)ccc1Cl. The molecule has 1 rings (SSSR count). The minimum atomic E-state index is -4.98. The number of nitrogens with one attached hydrogen (secondary N) is 1. The minimum absolute atomic E-state index is 0.225. The number of hydrogen-bond donors (Lipinski definition) is 3. The quantitative estimate of drug-likeness (QED) is 0.743. The second-order valence-electron chi connectivity index (χ2n) is 3.86. The molecule has 0 bridgehead atoms. The molecule has 6 nitrogen and oxygen atoms in total. The topological polar surface area (TPSA) is 104 Å². The van der Waals surface area contributed by atoms with Crippen LogP contribution in [0.15, 0.2) is 23.1 Å². The van der Waals surface area contributed by atoms with Crippen molar-refractivity contribution in [1.82, 2.24) is 4.72 Å². The summed E-state index contributed by atoms with van der Waals surface area (Å²) < 4.78 is 61.2. The summed E-state index contributed by atoms with van der Waals surface area (Å²) in [5, 5.41) is 17.3. The van der Waals surface area contributed by atoms with Gasteiger partial charge in [-0.05, 0) is 18.2 Å². The summed E-state index contributed by atoms with van der Waals surface area (Å²) in [5.74, 6) is -1.49. The van der Waals surface area contributed by atoms with Crippen molar-refractivity contribution in [3.05, 3.63) is 28.8 Å². The Bertz CT molecular complexity index is 647. The molecule has 0 amide bonds. The van der Waals surface area contributed by atoms with Gasteiger partial charge in [0.05, 0.1) is 15.5 Å². The van der Waals surface area contributed by atoms with Gasteiger partial charge < -0.3 is 10.2 Å². The Hall–Kier alpha value is -1.36. The molecular formula is C10H9ClF3NO5S. The van der Waals surface area contributed by atoms with Gasteiger partial charge >= 0.3 is 12.1 Å². The van der Waals surface area contributed by atoms with E-state index in [1.54, 1.807) is 0 Å². The number of carboxylic acids is 1. The monoisotopic (exact) mass is 347 g/mol. The number of aliphatic hydroxyl groups is 1. The maximum Gasteiger partial charge on any atom is 0.415 e. The predicted molar refractivity (Wildman–Crippen MR) is 65.7 cm³/mol. The molecular weight excluding hydrogens is 339 g/mol. The number of benzene rings is 1. The maximum absolute atomic E-state index is 12.1. The van der Waals surface area contributed by atoms with E-state index >= 15 is 0 Å². The van der Waals surface area contributed by atoms with Crippen LogP contribution in [-0.4, -0.2) is 43.4 Å². The Morgan fingerprint density at radius 3 is 2.43 bits per heavy atom. The molecule has 1 unspecified atom stereocenters. The van der Waals surface area contributed by atoms with E-state index in [9.17, 15) is 26.4 Å². The first kappa shape index (κ1) is 17.7. The maximum atomic E-state index is 12.1. The third kappa shape index (κ3) is 4.56. The number of rotatable bonds is 5. The summed E-state index contributed by atoms with van der Waals surface area (Å²) in [5.41, 5.74) is -0.518. The van der Waals surface area contributed by atoms with Gasteiger partial charge in [0.2, 0.25) is 10.0 Å². The molecule has 0 radical (unpaired) electrons. The first-order chi connectivity index (χ1) is 9.45. The van der Waals surface area contributed by atoms with E-state index in [0.29, 0.717) is 6.07 Å². The molecule has 11 heteroatoms. The summed E-state index contributed by atoms with van der Waals surface area (Å²) in [6.07, 6.45) is -7.85. The lowest BCUT2D eigenvalue weighted by Gasteiger charge is -2.15. The smallest absolute Gasteiger partial charge is 0.415 e.